The van der Waals surface area contributed by atoms with Crippen LogP contribution in [0.15, 0.2) is 42.5 Å². The summed E-state index contributed by atoms with van der Waals surface area (Å²) in [5.41, 5.74) is 5.55. The van der Waals surface area contributed by atoms with Gasteiger partial charge in [-0.1, -0.05) is 32.0 Å². The van der Waals surface area contributed by atoms with E-state index in [-0.39, 0.29) is 29.7 Å². The van der Waals surface area contributed by atoms with Gasteiger partial charge in [0.1, 0.15) is 18.5 Å². The number of fused-ring (bicyclic) bond motifs is 1. The third kappa shape index (κ3) is 7.01. The maximum atomic E-state index is 14.0. The van der Waals surface area contributed by atoms with Crippen molar-refractivity contribution in [2.45, 2.75) is 92.0 Å². The van der Waals surface area contributed by atoms with E-state index in [9.17, 15) is 14.3 Å². The fraction of sp³-hybridized carbons (Fsp3) is 0.500. The zero-order chi connectivity index (χ0) is 31.8. The van der Waals surface area contributed by atoms with Gasteiger partial charge < -0.3 is 24.2 Å². The molecule has 0 spiro atoms. The van der Waals surface area contributed by atoms with E-state index in [1.807, 2.05) is 46.8 Å². The van der Waals surface area contributed by atoms with Crippen LogP contribution in [0.4, 0.5) is 10.1 Å². The molecule has 5 rings (SSSR count). The Balaban J connectivity index is 1.53. The highest BCUT2D eigenvalue weighted by Crippen LogP contribution is 2.46. The zero-order valence-electron chi connectivity index (χ0n) is 27.0. The molecule has 0 bridgehead atoms. The highest BCUT2D eigenvalue weighted by atomic mass is 19.1. The lowest BCUT2D eigenvalue weighted by molar-refractivity contribution is -0.160. The number of nitrogens with zero attached hydrogens (tertiary/aromatic N) is 2. The Morgan fingerprint density at radius 3 is 2.50 bits per heavy atom. The molecular weight excluding hydrogens is 559 g/mol. The van der Waals surface area contributed by atoms with Gasteiger partial charge in [-0.3, -0.25) is 4.98 Å². The fourth-order valence-corrected chi connectivity index (χ4v) is 6.22. The van der Waals surface area contributed by atoms with E-state index < -0.39 is 17.7 Å². The Kier molecular flexibility index (Phi) is 8.94. The lowest BCUT2D eigenvalue weighted by Crippen LogP contribution is -2.39. The molecule has 2 aliphatic heterocycles. The number of carboxylic acids is 1. The first-order valence-electron chi connectivity index (χ1n) is 15.6. The Labute approximate surface area is 260 Å². The van der Waals surface area contributed by atoms with E-state index in [0.29, 0.717) is 11.3 Å². The second-order valence-electron chi connectivity index (χ2n) is 13.9. The molecule has 3 aromatic rings. The van der Waals surface area contributed by atoms with Crippen molar-refractivity contribution in [2.75, 3.05) is 24.6 Å². The van der Waals surface area contributed by atoms with Gasteiger partial charge in [0.25, 0.3) is 0 Å². The van der Waals surface area contributed by atoms with Gasteiger partial charge in [0.05, 0.1) is 11.3 Å². The van der Waals surface area contributed by atoms with E-state index in [1.165, 1.54) is 6.07 Å². The molecule has 2 unspecified atom stereocenters. The molecule has 2 aliphatic rings. The number of ether oxygens (including phenoxy) is 3. The lowest BCUT2D eigenvalue weighted by Gasteiger charge is -2.41. The maximum Gasteiger partial charge on any atom is 0.337 e. The molecule has 2 aromatic carbocycles. The Bertz CT molecular complexity index is 1520. The monoisotopic (exact) mass is 604 g/mol. The SMILES string of the molecule is Cc1nc(C)c(C(OC(C)(C)C)C(=O)O)c(N2CCC(C)(C)CC2)c1-c1ccc2c(c1)CCC(COc1ccccc1F)O2. The zero-order valence-corrected chi connectivity index (χ0v) is 27.0. The summed E-state index contributed by atoms with van der Waals surface area (Å²) in [4.78, 5) is 20.0. The van der Waals surface area contributed by atoms with Gasteiger partial charge in [-0.15, -0.1) is 0 Å². The van der Waals surface area contributed by atoms with Gasteiger partial charge in [-0.05, 0) is 101 Å². The van der Waals surface area contributed by atoms with Gasteiger partial charge in [-0.2, -0.15) is 0 Å². The summed E-state index contributed by atoms with van der Waals surface area (Å²) in [5, 5.41) is 10.4. The third-order valence-electron chi connectivity index (χ3n) is 8.61. The number of anilines is 1. The van der Waals surface area contributed by atoms with Crippen molar-refractivity contribution in [3.8, 4) is 22.6 Å². The van der Waals surface area contributed by atoms with E-state index in [1.54, 1.807) is 18.2 Å². The standard InChI is InChI=1S/C36H45FN2O5/c1-22-30(25-13-15-28-24(20-25)12-14-26(43-28)21-42-29-11-9-8-10-27(29)37)32(39-18-16-36(6,7)17-19-39)31(23(2)38-22)33(34(40)41)44-35(3,4)5/h8-11,13,15,20,26,33H,12,14,16-19,21H2,1-7H3,(H,40,41). The van der Waals surface area contributed by atoms with E-state index in [4.69, 9.17) is 19.2 Å². The molecular formula is C36H45FN2O5. The topological polar surface area (TPSA) is 81.1 Å². The number of aliphatic carboxylic acids is 1. The minimum absolute atomic E-state index is 0.194. The van der Waals surface area contributed by atoms with Crippen LogP contribution in [0.3, 0.4) is 0 Å². The number of pyridine rings is 1. The van der Waals surface area contributed by atoms with E-state index in [0.717, 1.165) is 72.6 Å². The van der Waals surface area contributed by atoms with Crippen LogP contribution in [-0.4, -0.2) is 47.5 Å². The Morgan fingerprint density at radius 2 is 1.84 bits per heavy atom. The van der Waals surface area contributed by atoms with Crippen LogP contribution < -0.4 is 14.4 Å². The number of hydrogen-bond acceptors (Lipinski definition) is 6. The second kappa shape index (κ2) is 12.4. The van der Waals surface area contributed by atoms with Gasteiger partial charge in [0.15, 0.2) is 17.7 Å². The van der Waals surface area contributed by atoms with Crippen LogP contribution in [0.25, 0.3) is 11.1 Å². The number of halogens is 1. The van der Waals surface area contributed by atoms with Crippen LogP contribution in [-0.2, 0) is 16.0 Å². The van der Waals surface area contributed by atoms with Crippen molar-refractivity contribution in [1.82, 2.24) is 4.98 Å². The first kappa shape index (κ1) is 31.8. The van der Waals surface area contributed by atoms with Crippen LogP contribution >= 0.6 is 0 Å². The normalized spacial score (nSPS) is 18.7. The van der Waals surface area contributed by atoms with Gasteiger partial charge in [-0.25, -0.2) is 9.18 Å². The van der Waals surface area contributed by atoms with Crippen LogP contribution in [0.5, 0.6) is 11.5 Å². The number of aryl methyl sites for hydroxylation is 3. The molecule has 2 atom stereocenters. The molecule has 1 N–H and O–H groups in total. The second-order valence-corrected chi connectivity index (χ2v) is 13.9. The molecule has 8 heteroatoms. The number of piperidine rings is 1. The first-order chi connectivity index (χ1) is 20.7. The predicted molar refractivity (Wildman–Crippen MR) is 170 cm³/mol. The average molecular weight is 605 g/mol. The molecule has 0 saturated carbocycles. The Morgan fingerprint density at radius 1 is 1.14 bits per heavy atom. The van der Waals surface area contributed by atoms with E-state index >= 15 is 0 Å². The number of carbonyl (C=O) groups is 1. The molecule has 7 nitrogen and oxygen atoms in total. The molecule has 1 saturated heterocycles. The summed E-state index contributed by atoms with van der Waals surface area (Å²) in [6.07, 6.45) is 2.15. The smallest absolute Gasteiger partial charge is 0.337 e. The highest BCUT2D eigenvalue weighted by Gasteiger charge is 2.36. The largest absolute Gasteiger partial charge is 0.487 e. The summed E-state index contributed by atoms with van der Waals surface area (Å²) in [6.45, 7) is 16.0. The summed E-state index contributed by atoms with van der Waals surface area (Å²) < 4.78 is 32.3. The lowest BCUT2D eigenvalue weighted by atomic mass is 9.81. The minimum atomic E-state index is -1.16. The fourth-order valence-electron chi connectivity index (χ4n) is 6.22. The molecule has 44 heavy (non-hydrogen) atoms. The number of hydrogen-bond donors (Lipinski definition) is 1. The van der Waals surface area contributed by atoms with Crippen molar-refractivity contribution in [3.63, 3.8) is 0 Å². The van der Waals surface area contributed by atoms with Gasteiger partial charge >= 0.3 is 5.97 Å². The third-order valence-corrected chi connectivity index (χ3v) is 8.61. The van der Waals surface area contributed by atoms with Crippen molar-refractivity contribution < 1.29 is 28.5 Å². The summed E-state index contributed by atoms with van der Waals surface area (Å²) in [6, 6.07) is 12.5. The van der Waals surface area contributed by atoms with Crippen LogP contribution in [0.2, 0.25) is 0 Å². The molecule has 0 aliphatic carbocycles. The van der Waals surface area contributed by atoms with Crippen molar-refractivity contribution in [1.29, 1.82) is 0 Å². The minimum Gasteiger partial charge on any atom is -0.487 e. The molecule has 0 amide bonds. The molecule has 1 aromatic heterocycles. The van der Waals surface area contributed by atoms with Crippen molar-refractivity contribution in [2.24, 2.45) is 5.41 Å². The van der Waals surface area contributed by atoms with Crippen molar-refractivity contribution in [3.05, 3.63) is 70.8 Å². The highest BCUT2D eigenvalue weighted by molar-refractivity contribution is 5.88. The maximum absolute atomic E-state index is 14.0. The Hall–Kier alpha value is -3.65. The van der Waals surface area contributed by atoms with Gasteiger partial charge in [0, 0.05) is 35.6 Å². The predicted octanol–water partition coefficient (Wildman–Crippen LogP) is 7.84. The average Bonchev–Trinajstić information content (AvgIpc) is 2.94. The summed E-state index contributed by atoms with van der Waals surface area (Å²) in [5.74, 6) is -0.415. The number of carboxylic acid groups (broad SMARTS) is 1. The number of para-hydroxylation sites is 1. The first-order valence-corrected chi connectivity index (χ1v) is 15.6. The number of rotatable bonds is 8. The molecule has 236 valence electrons. The molecule has 3 heterocycles. The van der Waals surface area contributed by atoms with E-state index in [2.05, 4.69) is 24.8 Å². The number of benzene rings is 2. The van der Waals surface area contributed by atoms with Crippen LogP contribution in [0, 0.1) is 25.1 Å². The molecule has 1 fully saturated rings. The summed E-state index contributed by atoms with van der Waals surface area (Å²) in [7, 11) is 0. The van der Waals surface area contributed by atoms with Crippen LogP contribution in [0.1, 0.15) is 82.5 Å². The number of aromatic nitrogens is 1. The van der Waals surface area contributed by atoms with Gasteiger partial charge in [0.2, 0.25) is 0 Å². The molecule has 0 radical (unpaired) electrons. The summed E-state index contributed by atoms with van der Waals surface area (Å²) >= 11 is 0. The quantitative estimate of drug-likeness (QED) is 0.281. The van der Waals surface area contributed by atoms with Crippen molar-refractivity contribution >= 4 is 11.7 Å².